The van der Waals surface area contributed by atoms with E-state index in [1.165, 1.54) is 18.4 Å². The Morgan fingerprint density at radius 3 is 2.61 bits per heavy atom. The highest BCUT2D eigenvalue weighted by Gasteiger charge is 2.29. The summed E-state index contributed by atoms with van der Waals surface area (Å²) in [7, 11) is 0. The van der Waals surface area contributed by atoms with E-state index in [2.05, 4.69) is 40.6 Å². The second kappa shape index (κ2) is 4.50. The summed E-state index contributed by atoms with van der Waals surface area (Å²) in [5.41, 5.74) is 9.39. The third-order valence-electron chi connectivity index (χ3n) is 3.25. The maximum atomic E-state index is 6.02. The molecule has 3 rings (SSSR count). The number of aromatic nitrogens is 2. The lowest BCUT2D eigenvalue weighted by molar-refractivity contribution is 0.981. The van der Waals surface area contributed by atoms with Gasteiger partial charge in [0.25, 0.3) is 0 Å². The fourth-order valence-electron chi connectivity index (χ4n) is 2.05. The van der Waals surface area contributed by atoms with Crippen molar-refractivity contribution in [2.45, 2.75) is 25.7 Å². The zero-order valence-electron chi connectivity index (χ0n) is 10.2. The molecule has 0 atom stereocenters. The average molecular weight is 351 g/mol. The molecule has 4 heteroatoms. The van der Waals surface area contributed by atoms with Crippen molar-refractivity contribution in [2.24, 2.45) is 0 Å². The van der Waals surface area contributed by atoms with Crippen LogP contribution in [0, 0.1) is 10.5 Å². The summed E-state index contributed by atoms with van der Waals surface area (Å²) >= 11 is 2.25. The number of hydrogen-bond acceptors (Lipinski definition) is 3. The fraction of sp³-hybridized carbons (Fsp3) is 0.286. The summed E-state index contributed by atoms with van der Waals surface area (Å²) in [6, 6.07) is 8.16. The van der Waals surface area contributed by atoms with E-state index in [0.29, 0.717) is 11.7 Å². The molecule has 1 aromatic heterocycles. The van der Waals surface area contributed by atoms with E-state index in [0.717, 1.165) is 20.7 Å². The molecule has 0 radical (unpaired) electrons. The number of nitrogen functional groups attached to an aromatic ring is 1. The Morgan fingerprint density at radius 2 is 1.94 bits per heavy atom. The van der Waals surface area contributed by atoms with Crippen LogP contribution in [-0.4, -0.2) is 9.97 Å². The van der Waals surface area contributed by atoms with Crippen LogP contribution in [0.4, 0.5) is 5.82 Å². The van der Waals surface area contributed by atoms with Crippen molar-refractivity contribution in [1.29, 1.82) is 0 Å². The number of aryl methyl sites for hydroxylation is 1. The second-order valence-electron chi connectivity index (χ2n) is 4.72. The molecule has 1 saturated carbocycles. The van der Waals surface area contributed by atoms with Crippen LogP contribution in [0.2, 0.25) is 0 Å². The first-order valence-electron chi connectivity index (χ1n) is 6.05. The Morgan fingerprint density at radius 1 is 1.22 bits per heavy atom. The Bertz CT molecular complexity index is 606. The predicted octanol–water partition coefficient (Wildman–Crippen LogP) is 3.52. The minimum atomic E-state index is 0.588. The van der Waals surface area contributed by atoms with Gasteiger partial charge in [-0.3, -0.25) is 0 Å². The lowest BCUT2D eigenvalue weighted by atomic mass is 10.1. The molecule has 0 unspecified atom stereocenters. The van der Waals surface area contributed by atoms with Crippen molar-refractivity contribution in [2.75, 3.05) is 5.73 Å². The maximum absolute atomic E-state index is 6.02. The van der Waals surface area contributed by atoms with Gasteiger partial charge in [-0.15, -0.1) is 0 Å². The third kappa shape index (κ3) is 2.09. The van der Waals surface area contributed by atoms with E-state index in [1.807, 2.05) is 18.2 Å². The van der Waals surface area contributed by atoms with Gasteiger partial charge in [0, 0.05) is 11.5 Å². The van der Waals surface area contributed by atoms with E-state index in [4.69, 9.17) is 10.7 Å². The minimum Gasteiger partial charge on any atom is -0.383 e. The first-order chi connectivity index (χ1) is 8.66. The molecule has 1 fully saturated rings. The zero-order chi connectivity index (χ0) is 12.7. The second-order valence-corrected chi connectivity index (χ2v) is 5.80. The van der Waals surface area contributed by atoms with Crippen LogP contribution in [0.25, 0.3) is 11.4 Å². The number of benzene rings is 1. The molecule has 92 valence electrons. The molecule has 0 spiro atoms. The molecule has 1 aromatic carbocycles. The van der Waals surface area contributed by atoms with Crippen molar-refractivity contribution in [3.05, 3.63) is 39.1 Å². The summed E-state index contributed by atoms with van der Waals surface area (Å²) in [6.07, 6.45) is 2.44. The molecule has 0 aliphatic heterocycles. The first kappa shape index (κ1) is 11.9. The van der Waals surface area contributed by atoms with Crippen LogP contribution in [-0.2, 0) is 0 Å². The predicted molar refractivity (Wildman–Crippen MR) is 81.3 cm³/mol. The van der Waals surface area contributed by atoms with Crippen molar-refractivity contribution in [1.82, 2.24) is 9.97 Å². The topological polar surface area (TPSA) is 51.8 Å². The van der Waals surface area contributed by atoms with Gasteiger partial charge in [-0.25, -0.2) is 9.97 Å². The van der Waals surface area contributed by atoms with Crippen LogP contribution >= 0.6 is 22.6 Å². The molecule has 3 nitrogen and oxygen atoms in total. The fourth-order valence-corrected chi connectivity index (χ4v) is 2.74. The summed E-state index contributed by atoms with van der Waals surface area (Å²) in [5.74, 6) is 1.95. The van der Waals surface area contributed by atoms with E-state index in [1.54, 1.807) is 0 Å². The molecule has 1 heterocycles. The molecular formula is C14H14IN3. The number of anilines is 1. The number of hydrogen-bond donors (Lipinski definition) is 1. The summed E-state index contributed by atoms with van der Waals surface area (Å²) in [5, 5.41) is 0. The van der Waals surface area contributed by atoms with Crippen molar-refractivity contribution >= 4 is 28.4 Å². The normalized spacial score (nSPS) is 14.8. The van der Waals surface area contributed by atoms with Crippen LogP contribution in [0.3, 0.4) is 0 Å². The van der Waals surface area contributed by atoms with Gasteiger partial charge in [0.2, 0.25) is 0 Å². The van der Waals surface area contributed by atoms with Crippen LogP contribution in [0.5, 0.6) is 0 Å². The highest BCUT2D eigenvalue weighted by molar-refractivity contribution is 14.1. The zero-order valence-corrected chi connectivity index (χ0v) is 12.3. The number of rotatable bonds is 2. The Hall–Kier alpha value is -1.17. The standard InChI is InChI=1S/C14H14IN3/c1-8-4-2-3-5-10(8)14-17-12(9-6-7-9)11(15)13(16)18-14/h2-5,9H,6-7H2,1H3,(H2,16,17,18). The Labute approximate surface area is 120 Å². The van der Waals surface area contributed by atoms with E-state index in [-0.39, 0.29) is 0 Å². The third-order valence-corrected chi connectivity index (χ3v) is 4.36. The highest BCUT2D eigenvalue weighted by Crippen LogP contribution is 2.42. The molecule has 0 amide bonds. The lowest BCUT2D eigenvalue weighted by Crippen LogP contribution is -2.04. The molecule has 1 aliphatic rings. The highest BCUT2D eigenvalue weighted by atomic mass is 127. The van der Waals surface area contributed by atoms with Gasteiger partial charge in [-0.05, 0) is 47.9 Å². The van der Waals surface area contributed by atoms with Gasteiger partial charge in [0.1, 0.15) is 5.82 Å². The molecule has 1 aliphatic carbocycles. The quantitative estimate of drug-likeness (QED) is 0.843. The molecule has 18 heavy (non-hydrogen) atoms. The number of nitrogens with zero attached hydrogens (tertiary/aromatic N) is 2. The molecular weight excluding hydrogens is 337 g/mol. The first-order valence-corrected chi connectivity index (χ1v) is 7.13. The lowest BCUT2D eigenvalue weighted by Gasteiger charge is -2.09. The van der Waals surface area contributed by atoms with Crippen LogP contribution < -0.4 is 5.73 Å². The maximum Gasteiger partial charge on any atom is 0.162 e. The van der Waals surface area contributed by atoms with Crippen molar-refractivity contribution in [3.63, 3.8) is 0 Å². The molecule has 0 bridgehead atoms. The monoisotopic (exact) mass is 351 g/mol. The average Bonchev–Trinajstić information content (AvgIpc) is 3.17. The Balaban J connectivity index is 2.16. The largest absolute Gasteiger partial charge is 0.383 e. The van der Waals surface area contributed by atoms with Crippen molar-refractivity contribution in [3.8, 4) is 11.4 Å². The number of halogens is 1. The molecule has 2 N–H and O–H groups in total. The van der Waals surface area contributed by atoms with Crippen LogP contribution in [0.15, 0.2) is 24.3 Å². The molecule has 0 saturated heterocycles. The van der Waals surface area contributed by atoms with Gasteiger partial charge in [-0.1, -0.05) is 24.3 Å². The van der Waals surface area contributed by atoms with Gasteiger partial charge in [0.15, 0.2) is 5.82 Å². The van der Waals surface area contributed by atoms with Gasteiger partial charge in [0.05, 0.1) is 9.26 Å². The van der Waals surface area contributed by atoms with Gasteiger partial charge >= 0.3 is 0 Å². The van der Waals surface area contributed by atoms with Crippen molar-refractivity contribution < 1.29 is 0 Å². The SMILES string of the molecule is Cc1ccccc1-c1nc(N)c(I)c(C2CC2)n1. The van der Waals surface area contributed by atoms with E-state index >= 15 is 0 Å². The Kier molecular flexibility index (Phi) is 2.97. The van der Waals surface area contributed by atoms with Gasteiger partial charge < -0.3 is 5.73 Å². The minimum absolute atomic E-state index is 0.588. The number of nitrogens with two attached hydrogens (primary N) is 1. The molecule has 2 aromatic rings. The summed E-state index contributed by atoms with van der Waals surface area (Å²) in [6.45, 7) is 2.07. The summed E-state index contributed by atoms with van der Waals surface area (Å²) < 4.78 is 1.02. The van der Waals surface area contributed by atoms with E-state index in [9.17, 15) is 0 Å². The van der Waals surface area contributed by atoms with E-state index < -0.39 is 0 Å². The summed E-state index contributed by atoms with van der Waals surface area (Å²) in [4.78, 5) is 9.16. The van der Waals surface area contributed by atoms with Crippen LogP contribution in [0.1, 0.15) is 30.0 Å². The smallest absolute Gasteiger partial charge is 0.162 e. The van der Waals surface area contributed by atoms with Gasteiger partial charge in [-0.2, -0.15) is 0 Å².